The number of methoxy groups -OCH3 is 2. The molecule has 0 aliphatic heterocycles. The molecule has 0 bridgehead atoms. The minimum atomic E-state index is -0.207. The van der Waals surface area contributed by atoms with Crippen molar-refractivity contribution < 1.29 is 19.1 Å². The lowest BCUT2D eigenvalue weighted by Crippen LogP contribution is -2.39. The summed E-state index contributed by atoms with van der Waals surface area (Å²) in [5, 5.41) is 5.37. The maximum atomic E-state index is 12.9. The average molecular weight is 497 g/mol. The molecule has 0 aliphatic rings. The summed E-state index contributed by atoms with van der Waals surface area (Å²) < 4.78 is 10.6. The Morgan fingerprint density at radius 2 is 1.77 bits per heavy atom. The number of para-hydroxylation sites is 1. The minimum Gasteiger partial charge on any atom is -0.493 e. The molecule has 1 heterocycles. The van der Waals surface area contributed by atoms with Crippen molar-refractivity contribution in [3.8, 4) is 11.5 Å². The molecule has 0 atom stereocenters. The molecule has 3 amide bonds. The fourth-order valence-electron chi connectivity index (χ4n) is 3.46. The molecule has 0 unspecified atom stereocenters. The predicted molar refractivity (Wildman–Crippen MR) is 138 cm³/mol. The van der Waals surface area contributed by atoms with Crippen LogP contribution in [0.2, 0.25) is 0 Å². The van der Waals surface area contributed by atoms with E-state index in [0.717, 1.165) is 11.3 Å². The minimum absolute atomic E-state index is 0.0362. The molecular weight excluding hydrogens is 464 g/mol. The zero-order chi connectivity index (χ0) is 25.4. The number of ether oxygens (including phenoxy) is 2. The van der Waals surface area contributed by atoms with Gasteiger partial charge < -0.3 is 24.6 Å². The smallest absolute Gasteiger partial charge is 0.322 e. The van der Waals surface area contributed by atoms with Gasteiger partial charge in [-0.05, 0) is 50.1 Å². The van der Waals surface area contributed by atoms with E-state index >= 15 is 0 Å². The van der Waals surface area contributed by atoms with Crippen LogP contribution in [-0.4, -0.2) is 60.6 Å². The lowest BCUT2D eigenvalue weighted by atomic mass is 10.1. The summed E-state index contributed by atoms with van der Waals surface area (Å²) >= 11 is 1.38. The molecule has 0 spiro atoms. The van der Waals surface area contributed by atoms with Gasteiger partial charge in [-0.25, -0.2) is 9.78 Å². The van der Waals surface area contributed by atoms with E-state index in [4.69, 9.17) is 9.47 Å². The van der Waals surface area contributed by atoms with Gasteiger partial charge in [-0.2, -0.15) is 0 Å². The maximum Gasteiger partial charge on any atom is 0.322 e. The molecule has 9 heteroatoms. The molecule has 0 saturated heterocycles. The molecular formula is C26H32N4O4S. The van der Waals surface area contributed by atoms with Crippen molar-refractivity contribution in [1.82, 2.24) is 14.8 Å². The number of nitrogens with zero attached hydrogens (tertiary/aromatic N) is 3. The number of benzene rings is 2. The lowest BCUT2D eigenvalue weighted by Gasteiger charge is -2.26. The lowest BCUT2D eigenvalue weighted by molar-refractivity contribution is 0.0791. The van der Waals surface area contributed by atoms with Gasteiger partial charge in [0.1, 0.15) is 10.7 Å². The Labute approximate surface area is 210 Å². The molecule has 35 heavy (non-hydrogen) atoms. The van der Waals surface area contributed by atoms with E-state index in [1.54, 1.807) is 36.4 Å². The Morgan fingerprint density at radius 3 is 2.43 bits per heavy atom. The molecule has 186 valence electrons. The van der Waals surface area contributed by atoms with Crippen molar-refractivity contribution in [3.05, 3.63) is 70.2 Å². The van der Waals surface area contributed by atoms with Crippen LogP contribution in [0, 0.1) is 0 Å². The third-order valence-corrected chi connectivity index (χ3v) is 6.35. The fraction of sp³-hybridized carbons (Fsp3) is 0.346. The van der Waals surface area contributed by atoms with Crippen molar-refractivity contribution in [2.45, 2.75) is 32.9 Å². The molecule has 1 aromatic heterocycles. The van der Waals surface area contributed by atoms with Gasteiger partial charge in [-0.15, -0.1) is 11.3 Å². The summed E-state index contributed by atoms with van der Waals surface area (Å²) in [6.45, 7) is 4.75. The average Bonchev–Trinajstić information content (AvgIpc) is 3.34. The molecule has 0 radical (unpaired) electrons. The highest BCUT2D eigenvalue weighted by atomic mass is 32.1. The van der Waals surface area contributed by atoms with E-state index in [9.17, 15) is 9.59 Å². The first-order chi connectivity index (χ1) is 16.8. The molecule has 3 aromatic rings. The number of rotatable bonds is 10. The number of urea groups is 1. The van der Waals surface area contributed by atoms with Crippen LogP contribution in [0.25, 0.3) is 0 Å². The zero-order valence-corrected chi connectivity index (χ0v) is 21.6. The van der Waals surface area contributed by atoms with Crippen LogP contribution in [0.15, 0.2) is 53.9 Å². The molecule has 0 fully saturated rings. The summed E-state index contributed by atoms with van der Waals surface area (Å²) in [4.78, 5) is 33.6. The number of anilines is 1. The Morgan fingerprint density at radius 1 is 1.06 bits per heavy atom. The van der Waals surface area contributed by atoms with Crippen LogP contribution >= 0.6 is 11.3 Å². The number of amides is 3. The SMILES string of the molecule is COc1ccc(CCN(C)C(=O)c2csc(CN(C(=O)Nc3ccccc3)C(C)C)n2)cc1OC. The zero-order valence-electron chi connectivity index (χ0n) is 20.8. The first-order valence-electron chi connectivity index (χ1n) is 11.4. The van der Waals surface area contributed by atoms with Gasteiger partial charge in [-0.3, -0.25) is 4.79 Å². The van der Waals surface area contributed by atoms with E-state index in [2.05, 4.69) is 10.3 Å². The highest BCUT2D eigenvalue weighted by Crippen LogP contribution is 2.27. The van der Waals surface area contributed by atoms with Gasteiger partial charge in [-0.1, -0.05) is 24.3 Å². The third-order valence-electron chi connectivity index (χ3n) is 5.52. The monoisotopic (exact) mass is 496 g/mol. The van der Waals surface area contributed by atoms with Gasteiger partial charge in [0.15, 0.2) is 11.5 Å². The number of carbonyl (C=O) groups is 2. The summed E-state index contributed by atoms with van der Waals surface area (Å²) in [5.41, 5.74) is 2.15. The van der Waals surface area contributed by atoms with Gasteiger partial charge in [0, 0.05) is 30.7 Å². The van der Waals surface area contributed by atoms with E-state index in [-0.39, 0.29) is 18.0 Å². The normalized spacial score (nSPS) is 10.7. The second kappa shape index (κ2) is 12.2. The number of aromatic nitrogens is 1. The van der Waals surface area contributed by atoms with Crippen LogP contribution in [0.4, 0.5) is 10.5 Å². The summed E-state index contributed by atoms with van der Waals surface area (Å²) in [7, 11) is 4.96. The second-order valence-corrected chi connectivity index (χ2v) is 9.25. The van der Waals surface area contributed by atoms with E-state index in [0.29, 0.717) is 41.7 Å². The van der Waals surface area contributed by atoms with Crippen molar-refractivity contribution in [2.24, 2.45) is 0 Å². The van der Waals surface area contributed by atoms with Crippen molar-refractivity contribution >= 4 is 29.0 Å². The fourth-order valence-corrected chi connectivity index (χ4v) is 4.23. The first kappa shape index (κ1) is 26.0. The Bertz CT molecular complexity index is 1130. The number of hydrogen-bond acceptors (Lipinski definition) is 6. The van der Waals surface area contributed by atoms with Gasteiger partial charge >= 0.3 is 6.03 Å². The Balaban J connectivity index is 1.60. The Kier molecular flexibility index (Phi) is 9.08. The van der Waals surface area contributed by atoms with E-state index < -0.39 is 0 Å². The van der Waals surface area contributed by atoms with Gasteiger partial charge in [0.25, 0.3) is 5.91 Å². The topological polar surface area (TPSA) is 84.0 Å². The molecule has 2 aromatic carbocycles. The van der Waals surface area contributed by atoms with Crippen LogP contribution in [-0.2, 0) is 13.0 Å². The van der Waals surface area contributed by atoms with Crippen LogP contribution in [0.1, 0.15) is 34.9 Å². The number of hydrogen-bond donors (Lipinski definition) is 1. The highest BCUT2D eigenvalue weighted by Gasteiger charge is 2.21. The van der Waals surface area contributed by atoms with E-state index in [1.165, 1.54) is 11.3 Å². The molecule has 0 saturated carbocycles. The van der Waals surface area contributed by atoms with Crippen molar-refractivity contribution in [1.29, 1.82) is 0 Å². The summed E-state index contributed by atoms with van der Waals surface area (Å²) in [6.07, 6.45) is 0.667. The summed E-state index contributed by atoms with van der Waals surface area (Å²) in [5.74, 6) is 1.18. The van der Waals surface area contributed by atoms with Gasteiger partial charge in [0.05, 0.1) is 20.8 Å². The second-order valence-electron chi connectivity index (χ2n) is 8.31. The first-order valence-corrected chi connectivity index (χ1v) is 12.2. The largest absolute Gasteiger partial charge is 0.493 e. The molecule has 0 aliphatic carbocycles. The molecule has 3 rings (SSSR count). The highest BCUT2D eigenvalue weighted by molar-refractivity contribution is 7.09. The maximum absolute atomic E-state index is 12.9. The van der Waals surface area contributed by atoms with Crippen LogP contribution in [0.5, 0.6) is 11.5 Å². The van der Waals surface area contributed by atoms with Crippen LogP contribution < -0.4 is 14.8 Å². The molecule has 8 nitrogen and oxygen atoms in total. The van der Waals surface area contributed by atoms with Gasteiger partial charge in [0.2, 0.25) is 0 Å². The van der Waals surface area contributed by atoms with Crippen LogP contribution in [0.3, 0.4) is 0 Å². The number of nitrogens with one attached hydrogen (secondary N) is 1. The third kappa shape index (κ3) is 6.95. The Hall–Kier alpha value is -3.59. The number of carbonyl (C=O) groups excluding carboxylic acids is 2. The van der Waals surface area contributed by atoms with Crippen molar-refractivity contribution in [2.75, 3.05) is 33.1 Å². The summed E-state index contributed by atoms with van der Waals surface area (Å²) in [6, 6.07) is 14.8. The number of thiazole rings is 1. The standard InChI is InChI=1S/C26H32N4O4S/c1-18(2)30(26(32)27-20-9-7-6-8-10-20)16-24-28-21(17-35-24)25(31)29(3)14-13-19-11-12-22(33-4)23(15-19)34-5/h6-12,15,17-18H,13-14,16H2,1-5H3,(H,27,32). The quantitative estimate of drug-likeness (QED) is 0.431. The van der Waals surface area contributed by atoms with E-state index in [1.807, 2.05) is 62.4 Å². The predicted octanol–water partition coefficient (Wildman–Crippen LogP) is 4.92. The van der Waals surface area contributed by atoms with Crippen molar-refractivity contribution in [3.63, 3.8) is 0 Å². The number of likely N-dealkylation sites (N-methyl/N-ethyl adjacent to an activating group) is 1. The molecule has 1 N–H and O–H groups in total.